The smallest absolute Gasteiger partial charge is 0.306 e. The van der Waals surface area contributed by atoms with E-state index in [0.29, 0.717) is 30.9 Å². The number of aromatic nitrogens is 1. The van der Waals surface area contributed by atoms with E-state index in [4.69, 9.17) is 14.6 Å². The molecule has 4 rings (SSSR count). The van der Waals surface area contributed by atoms with Gasteiger partial charge in [0.2, 0.25) is 5.88 Å². The molecule has 2 unspecified atom stereocenters. The molecule has 0 bridgehead atoms. The average molecular weight is 421 g/mol. The van der Waals surface area contributed by atoms with Crippen molar-refractivity contribution in [3.05, 3.63) is 82.8 Å². The Kier molecular flexibility index (Phi) is 6.00. The number of pyridine rings is 1. The van der Waals surface area contributed by atoms with Crippen LogP contribution in [0.5, 0.6) is 5.88 Å². The Hall–Kier alpha value is -3.25. The predicted molar refractivity (Wildman–Crippen MR) is 114 cm³/mol. The molecule has 3 aromatic rings. The molecule has 1 aliphatic rings. The van der Waals surface area contributed by atoms with Crippen molar-refractivity contribution in [1.82, 2.24) is 4.98 Å². The largest absolute Gasteiger partial charge is 0.481 e. The number of fused-ring (bicyclic) bond motifs is 1. The zero-order chi connectivity index (χ0) is 22.0. The number of rotatable bonds is 6. The van der Waals surface area contributed by atoms with Crippen LogP contribution in [0.25, 0.3) is 11.1 Å². The number of carboxylic acid groups (broad SMARTS) is 1. The molecule has 0 fully saturated rings. The van der Waals surface area contributed by atoms with Crippen LogP contribution in [0.4, 0.5) is 4.39 Å². The third-order valence-corrected chi connectivity index (χ3v) is 5.71. The quantitative estimate of drug-likeness (QED) is 0.608. The van der Waals surface area contributed by atoms with Crippen LogP contribution >= 0.6 is 0 Å². The minimum absolute atomic E-state index is 0.106. The van der Waals surface area contributed by atoms with Gasteiger partial charge in [-0.25, -0.2) is 9.37 Å². The number of carboxylic acids is 1. The number of hydrogen-bond acceptors (Lipinski definition) is 4. The molecule has 2 heterocycles. The lowest BCUT2D eigenvalue weighted by atomic mass is 9.91. The summed E-state index contributed by atoms with van der Waals surface area (Å²) in [4.78, 5) is 15.0. The maximum absolute atomic E-state index is 14.2. The van der Waals surface area contributed by atoms with Crippen LogP contribution in [0, 0.1) is 11.7 Å². The Morgan fingerprint density at radius 1 is 1.23 bits per heavy atom. The summed E-state index contributed by atoms with van der Waals surface area (Å²) in [5, 5.41) is 9.17. The first-order valence-electron chi connectivity index (χ1n) is 10.2. The maximum Gasteiger partial charge on any atom is 0.306 e. The fourth-order valence-electron chi connectivity index (χ4n) is 3.87. The fourth-order valence-corrected chi connectivity index (χ4v) is 3.87. The van der Waals surface area contributed by atoms with Gasteiger partial charge in [0, 0.05) is 18.1 Å². The van der Waals surface area contributed by atoms with Gasteiger partial charge >= 0.3 is 5.97 Å². The Morgan fingerprint density at radius 3 is 2.71 bits per heavy atom. The Bertz CT molecular complexity index is 1100. The van der Waals surface area contributed by atoms with Crippen LogP contribution in [0.1, 0.15) is 35.3 Å². The fraction of sp³-hybridized carbons (Fsp3) is 0.280. The summed E-state index contributed by atoms with van der Waals surface area (Å²) in [6.07, 6.45) is 2.27. The van der Waals surface area contributed by atoms with E-state index in [1.807, 2.05) is 36.4 Å². The molecule has 160 valence electrons. The molecule has 31 heavy (non-hydrogen) atoms. The zero-order valence-corrected chi connectivity index (χ0v) is 17.5. The van der Waals surface area contributed by atoms with Crippen molar-refractivity contribution in [3.8, 4) is 17.0 Å². The zero-order valence-electron chi connectivity index (χ0n) is 17.5. The number of methoxy groups -OCH3 is 1. The number of aliphatic carboxylic acids is 1. The highest BCUT2D eigenvalue weighted by molar-refractivity contribution is 5.70. The van der Waals surface area contributed by atoms with E-state index in [1.165, 1.54) is 12.7 Å². The summed E-state index contributed by atoms with van der Waals surface area (Å²) in [5.41, 5.74) is 5.52. The summed E-state index contributed by atoms with van der Waals surface area (Å²) in [6, 6.07) is 15.3. The molecule has 2 atom stereocenters. The van der Waals surface area contributed by atoms with Crippen molar-refractivity contribution >= 4 is 5.97 Å². The van der Waals surface area contributed by atoms with E-state index in [1.54, 1.807) is 13.0 Å². The lowest BCUT2D eigenvalue weighted by molar-refractivity contribution is -0.141. The molecule has 2 aromatic carbocycles. The van der Waals surface area contributed by atoms with Gasteiger partial charge in [-0.05, 0) is 34.2 Å². The molecule has 0 saturated carbocycles. The van der Waals surface area contributed by atoms with Crippen molar-refractivity contribution in [2.45, 2.75) is 32.5 Å². The minimum Gasteiger partial charge on any atom is -0.481 e. The SMILES string of the molecule is COc1cc(-c2ccc(C3Cc4cc(CC(C)C(=O)O)ccc4CO3)cc2)c(F)cn1. The standard InChI is InChI=1S/C25H24FNO4/c1-15(25(28)29)9-16-3-4-19-14-31-23(11-20(19)10-16)18-7-5-17(6-8-18)21-12-24(30-2)27-13-22(21)26/h3-8,10,12-13,15,23H,9,11,14H2,1-2H3,(H,28,29). The highest BCUT2D eigenvalue weighted by Crippen LogP contribution is 2.33. The summed E-state index contributed by atoms with van der Waals surface area (Å²) < 4.78 is 25.4. The van der Waals surface area contributed by atoms with Crippen LogP contribution in [0.3, 0.4) is 0 Å². The van der Waals surface area contributed by atoms with Crippen LogP contribution in [-0.4, -0.2) is 23.2 Å². The van der Waals surface area contributed by atoms with E-state index in [9.17, 15) is 9.18 Å². The average Bonchev–Trinajstić information content (AvgIpc) is 2.79. The van der Waals surface area contributed by atoms with Crippen LogP contribution < -0.4 is 4.74 Å². The van der Waals surface area contributed by atoms with Crippen LogP contribution in [-0.2, 0) is 29.0 Å². The third-order valence-electron chi connectivity index (χ3n) is 5.71. The lowest BCUT2D eigenvalue weighted by Gasteiger charge is -2.26. The Balaban J connectivity index is 1.52. The second kappa shape index (κ2) is 8.86. The van der Waals surface area contributed by atoms with Crippen LogP contribution in [0.15, 0.2) is 54.7 Å². The molecule has 1 aliphatic heterocycles. The number of benzene rings is 2. The summed E-state index contributed by atoms with van der Waals surface area (Å²) in [7, 11) is 1.50. The number of ether oxygens (including phenoxy) is 2. The van der Waals surface area contributed by atoms with Gasteiger partial charge in [-0.2, -0.15) is 0 Å². The van der Waals surface area contributed by atoms with Crippen molar-refractivity contribution in [1.29, 1.82) is 0 Å². The second-order valence-corrected chi connectivity index (χ2v) is 7.88. The molecule has 0 saturated heterocycles. The molecule has 0 amide bonds. The van der Waals surface area contributed by atoms with Crippen molar-refractivity contribution in [2.75, 3.05) is 7.11 Å². The van der Waals surface area contributed by atoms with Gasteiger partial charge in [-0.3, -0.25) is 4.79 Å². The molecule has 5 nitrogen and oxygen atoms in total. The summed E-state index contributed by atoms with van der Waals surface area (Å²) >= 11 is 0. The first-order valence-corrected chi connectivity index (χ1v) is 10.2. The van der Waals surface area contributed by atoms with Gasteiger partial charge in [0.15, 0.2) is 0 Å². The maximum atomic E-state index is 14.2. The molecule has 0 aliphatic carbocycles. The van der Waals surface area contributed by atoms with Crippen molar-refractivity contribution in [2.24, 2.45) is 5.92 Å². The van der Waals surface area contributed by atoms with Gasteiger partial charge in [-0.15, -0.1) is 0 Å². The van der Waals surface area contributed by atoms with E-state index >= 15 is 0 Å². The number of hydrogen-bond donors (Lipinski definition) is 1. The molecular weight excluding hydrogens is 397 g/mol. The molecular formula is C25H24FNO4. The molecule has 0 radical (unpaired) electrons. The molecule has 1 aromatic heterocycles. The van der Waals surface area contributed by atoms with Gasteiger partial charge in [0.25, 0.3) is 0 Å². The topological polar surface area (TPSA) is 68.7 Å². The van der Waals surface area contributed by atoms with E-state index in [0.717, 1.165) is 28.5 Å². The van der Waals surface area contributed by atoms with Gasteiger partial charge in [-0.1, -0.05) is 49.4 Å². The third kappa shape index (κ3) is 4.59. The number of carbonyl (C=O) groups is 1. The highest BCUT2D eigenvalue weighted by Gasteiger charge is 2.22. The van der Waals surface area contributed by atoms with E-state index < -0.39 is 17.7 Å². The van der Waals surface area contributed by atoms with Gasteiger partial charge in [0.1, 0.15) is 5.82 Å². The van der Waals surface area contributed by atoms with Gasteiger partial charge < -0.3 is 14.6 Å². The first-order chi connectivity index (χ1) is 14.9. The summed E-state index contributed by atoms with van der Waals surface area (Å²) in [6.45, 7) is 2.23. The predicted octanol–water partition coefficient (Wildman–Crippen LogP) is 4.97. The Labute approximate surface area is 180 Å². The summed E-state index contributed by atoms with van der Waals surface area (Å²) in [5.74, 6) is -1.25. The minimum atomic E-state index is -0.790. The second-order valence-electron chi connectivity index (χ2n) is 7.88. The lowest BCUT2D eigenvalue weighted by Crippen LogP contribution is -2.17. The van der Waals surface area contributed by atoms with Crippen molar-refractivity contribution < 1.29 is 23.8 Å². The Morgan fingerprint density at radius 2 is 2.00 bits per heavy atom. The number of nitrogens with zero attached hydrogens (tertiary/aromatic N) is 1. The highest BCUT2D eigenvalue weighted by atomic mass is 19.1. The van der Waals surface area contributed by atoms with Crippen molar-refractivity contribution in [3.63, 3.8) is 0 Å². The molecule has 1 N–H and O–H groups in total. The first kappa shape index (κ1) is 21.0. The van der Waals surface area contributed by atoms with E-state index in [2.05, 4.69) is 11.1 Å². The normalized spacial score (nSPS) is 16.4. The van der Waals surface area contributed by atoms with Crippen LogP contribution in [0.2, 0.25) is 0 Å². The van der Waals surface area contributed by atoms with E-state index in [-0.39, 0.29) is 6.10 Å². The molecule has 6 heteroatoms. The number of halogens is 1. The monoisotopic (exact) mass is 421 g/mol. The molecule has 0 spiro atoms. The van der Waals surface area contributed by atoms with Gasteiger partial charge in [0.05, 0.1) is 31.9 Å².